The lowest BCUT2D eigenvalue weighted by atomic mass is 10.2. The molecule has 1 saturated heterocycles. The Kier molecular flexibility index (Phi) is 3.47. The van der Waals surface area contributed by atoms with Crippen molar-refractivity contribution in [2.45, 2.75) is 6.42 Å². The predicted molar refractivity (Wildman–Crippen MR) is 65.1 cm³/mol. The Bertz CT molecular complexity index is 409. The van der Waals surface area contributed by atoms with Crippen molar-refractivity contribution in [1.29, 1.82) is 0 Å². The maximum atomic E-state index is 13.8. The van der Waals surface area contributed by atoms with Gasteiger partial charge in [0.05, 0.1) is 11.4 Å². The maximum absolute atomic E-state index is 13.8. The molecule has 1 aliphatic rings. The molecule has 0 aliphatic carbocycles. The Balaban J connectivity index is 2.30. The van der Waals surface area contributed by atoms with Crippen LogP contribution in [0.25, 0.3) is 0 Å². The molecule has 0 radical (unpaired) electrons. The Labute approximate surface area is 99.8 Å². The van der Waals surface area contributed by atoms with E-state index in [2.05, 4.69) is 4.90 Å². The van der Waals surface area contributed by atoms with Gasteiger partial charge < -0.3 is 15.5 Å². The average molecular weight is 241 g/mol. The maximum Gasteiger partial charge on any atom is 0.184 e. The van der Waals surface area contributed by atoms with E-state index in [9.17, 15) is 8.78 Å². The van der Waals surface area contributed by atoms with E-state index in [4.69, 9.17) is 5.73 Å². The molecule has 94 valence electrons. The number of likely N-dealkylation sites (N-methyl/N-ethyl adjacent to an activating group) is 1. The van der Waals surface area contributed by atoms with Gasteiger partial charge in [0.1, 0.15) is 0 Å². The van der Waals surface area contributed by atoms with Gasteiger partial charge in [0, 0.05) is 19.6 Å². The monoisotopic (exact) mass is 241 g/mol. The first-order chi connectivity index (χ1) is 8.09. The summed E-state index contributed by atoms with van der Waals surface area (Å²) in [6.07, 6.45) is 0.923. The number of rotatable bonds is 1. The number of nitrogens with two attached hydrogens (primary N) is 1. The van der Waals surface area contributed by atoms with E-state index in [-0.39, 0.29) is 5.69 Å². The van der Waals surface area contributed by atoms with Gasteiger partial charge in [-0.25, -0.2) is 8.78 Å². The lowest BCUT2D eigenvalue weighted by Crippen LogP contribution is -2.30. The van der Waals surface area contributed by atoms with Crippen molar-refractivity contribution in [2.24, 2.45) is 0 Å². The molecule has 0 amide bonds. The van der Waals surface area contributed by atoms with Crippen molar-refractivity contribution in [3.05, 3.63) is 23.8 Å². The molecule has 2 N–H and O–H groups in total. The van der Waals surface area contributed by atoms with Gasteiger partial charge in [0.15, 0.2) is 11.6 Å². The summed E-state index contributed by atoms with van der Waals surface area (Å²) in [5, 5.41) is 0. The van der Waals surface area contributed by atoms with Crippen LogP contribution in [0.1, 0.15) is 6.42 Å². The zero-order valence-corrected chi connectivity index (χ0v) is 9.92. The minimum Gasteiger partial charge on any atom is -0.397 e. The van der Waals surface area contributed by atoms with E-state index in [1.165, 1.54) is 6.07 Å². The molecular formula is C12H17F2N3. The second-order valence-corrected chi connectivity index (χ2v) is 4.44. The summed E-state index contributed by atoms with van der Waals surface area (Å²) in [5.41, 5.74) is 6.25. The number of anilines is 2. The van der Waals surface area contributed by atoms with Crippen molar-refractivity contribution >= 4 is 11.4 Å². The van der Waals surface area contributed by atoms with E-state index in [1.807, 2.05) is 11.9 Å². The lowest BCUT2D eigenvalue weighted by Gasteiger charge is -2.24. The molecule has 1 aliphatic heterocycles. The summed E-state index contributed by atoms with van der Waals surface area (Å²) in [5.74, 6) is -1.68. The van der Waals surface area contributed by atoms with E-state index < -0.39 is 11.6 Å². The summed E-state index contributed by atoms with van der Waals surface area (Å²) in [4.78, 5) is 4.00. The molecule has 5 heteroatoms. The van der Waals surface area contributed by atoms with E-state index in [0.29, 0.717) is 18.8 Å². The Morgan fingerprint density at radius 2 is 1.88 bits per heavy atom. The van der Waals surface area contributed by atoms with Gasteiger partial charge in [-0.05, 0) is 32.1 Å². The van der Waals surface area contributed by atoms with Gasteiger partial charge in [0.25, 0.3) is 0 Å². The third kappa shape index (κ3) is 2.49. The summed E-state index contributed by atoms with van der Waals surface area (Å²) in [6.45, 7) is 3.17. The van der Waals surface area contributed by atoms with Gasteiger partial charge in [-0.3, -0.25) is 0 Å². The zero-order valence-electron chi connectivity index (χ0n) is 9.92. The molecule has 0 saturated carbocycles. The molecule has 0 aromatic heterocycles. The third-order valence-electron chi connectivity index (χ3n) is 3.14. The minimum atomic E-state index is -0.841. The van der Waals surface area contributed by atoms with Crippen LogP contribution in [0.15, 0.2) is 12.1 Å². The fraction of sp³-hybridized carbons (Fsp3) is 0.500. The highest BCUT2D eigenvalue weighted by Gasteiger charge is 2.20. The summed E-state index contributed by atoms with van der Waals surface area (Å²) in [6, 6.07) is 2.49. The van der Waals surface area contributed by atoms with Gasteiger partial charge in [0.2, 0.25) is 0 Å². The quantitative estimate of drug-likeness (QED) is 0.759. The normalized spacial score (nSPS) is 18.2. The Morgan fingerprint density at radius 3 is 2.65 bits per heavy atom. The number of halogens is 2. The van der Waals surface area contributed by atoms with Gasteiger partial charge >= 0.3 is 0 Å². The van der Waals surface area contributed by atoms with Crippen molar-refractivity contribution in [3.63, 3.8) is 0 Å². The van der Waals surface area contributed by atoms with Crippen LogP contribution >= 0.6 is 0 Å². The van der Waals surface area contributed by atoms with Crippen LogP contribution in [0.2, 0.25) is 0 Å². The van der Waals surface area contributed by atoms with Gasteiger partial charge in [-0.1, -0.05) is 0 Å². The Morgan fingerprint density at radius 1 is 1.12 bits per heavy atom. The van der Waals surface area contributed by atoms with Gasteiger partial charge in [-0.2, -0.15) is 0 Å². The van der Waals surface area contributed by atoms with Crippen LogP contribution in [-0.2, 0) is 0 Å². The minimum absolute atomic E-state index is 0.209. The summed E-state index contributed by atoms with van der Waals surface area (Å²) < 4.78 is 27.0. The number of nitrogen functional groups attached to an aromatic ring is 1. The molecule has 0 spiro atoms. The highest BCUT2D eigenvalue weighted by Crippen LogP contribution is 2.29. The SMILES string of the molecule is CN1CCCN(c2c(N)ccc(F)c2F)CC1. The first-order valence-electron chi connectivity index (χ1n) is 5.76. The molecule has 0 unspecified atom stereocenters. The molecule has 2 rings (SSSR count). The first kappa shape index (κ1) is 12.1. The zero-order chi connectivity index (χ0) is 12.4. The molecule has 1 heterocycles. The molecular weight excluding hydrogens is 224 g/mol. The van der Waals surface area contributed by atoms with Crippen molar-refractivity contribution < 1.29 is 8.78 Å². The third-order valence-corrected chi connectivity index (χ3v) is 3.14. The number of benzene rings is 1. The number of nitrogens with zero attached hydrogens (tertiary/aromatic N) is 2. The van der Waals surface area contributed by atoms with E-state index >= 15 is 0 Å². The van der Waals surface area contributed by atoms with Crippen molar-refractivity contribution in [3.8, 4) is 0 Å². The molecule has 0 atom stereocenters. The molecule has 1 aromatic rings. The van der Waals surface area contributed by atoms with Crippen molar-refractivity contribution in [1.82, 2.24) is 4.90 Å². The fourth-order valence-corrected chi connectivity index (χ4v) is 2.15. The smallest absolute Gasteiger partial charge is 0.184 e. The summed E-state index contributed by atoms with van der Waals surface area (Å²) >= 11 is 0. The van der Waals surface area contributed by atoms with Crippen LogP contribution in [-0.4, -0.2) is 38.1 Å². The molecule has 17 heavy (non-hydrogen) atoms. The highest BCUT2D eigenvalue weighted by atomic mass is 19.2. The molecule has 1 aromatic carbocycles. The second kappa shape index (κ2) is 4.87. The standard InChI is InChI=1S/C12H17F2N3/c1-16-5-2-6-17(8-7-16)12-10(15)4-3-9(13)11(12)14/h3-4H,2,5-8,15H2,1H3. The summed E-state index contributed by atoms with van der Waals surface area (Å²) in [7, 11) is 2.02. The topological polar surface area (TPSA) is 32.5 Å². The van der Waals surface area contributed by atoms with Crippen LogP contribution in [0, 0.1) is 11.6 Å². The number of hydrogen-bond donors (Lipinski definition) is 1. The fourth-order valence-electron chi connectivity index (χ4n) is 2.15. The second-order valence-electron chi connectivity index (χ2n) is 4.44. The number of hydrogen-bond acceptors (Lipinski definition) is 3. The Hall–Kier alpha value is -1.36. The van der Waals surface area contributed by atoms with E-state index in [1.54, 1.807) is 0 Å². The van der Waals surface area contributed by atoms with Crippen LogP contribution in [0.3, 0.4) is 0 Å². The largest absolute Gasteiger partial charge is 0.397 e. The molecule has 0 bridgehead atoms. The molecule has 1 fully saturated rings. The van der Waals surface area contributed by atoms with Crippen LogP contribution in [0.5, 0.6) is 0 Å². The van der Waals surface area contributed by atoms with Crippen molar-refractivity contribution in [2.75, 3.05) is 43.9 Å². The predicted octanol–water partition coefficient (Wildman–Crippen LogP) is 1.69. The average Bonchev–Trinajstić information content (AvgIpc) is 2.50. The lowest BCUT2D eigenvalue weighted by molar-refractivity contribution is 0.360. The van der Waals surface area contributed by atoms with Gasteiger partial charge in [-0.15, -0.1) is 0 Å². The first-order valence-corrected chi connectivity index (χ1v) is 5.76. The van der Waals surface area contributed by atoms with Crippen LogP contribution in [0.4, 0.5) is 20.2 Å². The van der Waals surface area contributed by atoms with E-state index in [0.717, 1.165) is 25.6 Å². The van der Waals surface area contributed by atoms with Crippen LogP contribution < -0.4 is 10.6 Å². The highest BCUT2D eigenvalue weighted by molar-refractivity contribution is 5.68. The molecule has 3 nitrogen and oxygen atoms in total.